The zero-order valence-corrected chi connectivity index (χ0v) is 9.47. The lowest BCUT2D eigenvalue weighted by Gasteiger charge is -2.31. The molecule has 8 heteroatoms. The van der Waals surface area contributed by atoms with Gasteiger partial charge in [0.1, 0.15) is 24.2 Å². The van der Waals surface area contributed by atoms with E-state index >= 15 is 0 Å². The lowest BCUT2D eigenvalue weighted by Crippen LogP contribution is -2.39. The second-order valence-electron chi connectivity index (χ2n) is 4.24. The van der Waals surface area contributed by atoms with Crippen molar-refractivity contribution in [1.29, 1.82) is 0 Å². The fourth-order valence-electron chi connectivity index (χ4n) is 2.03. The van der Waals surface area contributed by atoms with Crippen molar-refractivity contribution in [3.05, 3.63) is 12.7 Å². The van der Waals surface area contributed by atoms with E-state index in [2.05, 4.69) is 15.0 Å². The molecule has 0 aliphatic carbocycles. The van der Waals surface area contributed by atoms with Crippen molar-refractivity contribution >= 4 is 17.0 Å². The van der Waals surface area contributed by atoms with Crippen LogP contribution < -0.4 is 5.73 Å². The van der Waals surface area contributed by atoms with Gasteiger partial charge in [-0.15, -0.1) is 0 Å². The first-order valence-corrected chi connectivity index (χ1v) is 5.57. The van der Waals surface area contributed by atoms with Gasteiger partial charge in [-0.2, -0.15) is 0 Å². The first-order chi connectivity index (χ1) is 8.66. The third kappa shape index (κ3) is 1.70. The van der Waals surface area contributed by atoms with Crippen LogP contribution in [0.4, 0.5) is 5.82 Å². The molecule has 0 radical (unpaired) electrons. The summed E-state index contributed by atoms with van der Waals surface area (Å²) < 4.78 is 7.15. The van der Waals surface area contributed by atoms with Crippen LogP contribution in [0.2, 0.25) is 0 Å². The normalized spacial score (nSPS) is 28.7. The summed E-state index contributed by atoms with van der Waals surface area (Å²) in [6.45, 7) is 0.0755. The molecular formula is C10H13N5O3. The highest BCUT2D eigenvalue weighted by molar-refractivity contribution is 5.81. The van der Waals surface area contributed by atoms with Crippen molar-refractivity contribution < 1.29 is 14.9 Å². The molecule has 3 atom stereocenters. The van der Waals surface area contributed by atoms with E-state index in [1.807, 2.05) is 0 Å². The van der Waals surface area contributed by atoms with Gasteiger partial charge >= 0.3 is 0 Å². The molecule has 96 valence electrons. The van der Waals surface area contributed by atoms with Crippen LogP contribution in [0.25, 0.3) is 11.2 Å². The Kier molecular flexibility index (Phi) is 2.62. The zero-order chi connectivity index (χ0) is 12.7. The number of aromatic nitrogens is 4. The summed E-state index contributed by atoms with van der Waals surface area (Å²) in [7, 11) is 0. The van der Waals surface area contributed by atoms with Gasteiger partial charge in [0.05, 0.1) is 19.0 Å². The molecule has 2 aromatic heterocycles. The van der Waals surface area contributed by atoms with Gasteiger partial charge in [-0.1, -0.05) is 0 Å². The number of nitrogen functional groups attached to an aromatic ring is 1. The van der Waals surface area contributed by atoms with Gasteiger partial charge in [-0.25, -0.2) is 15.0 Å². The van der Waals surface area contributed by atoms with Crippen LogP contribution in [-0.4, -0.2) is 48.5 Å². The van der Waals surface area contributed by atoms with Gasteiger partial charge in [0.2, 0.25) is 0 Å². The van der Waals surface area contributed by atoms with Gasteiger partial charge in [0, 0.05) is 6.42 Å². The van der Waals surface area contributed by atoms with Crippen LogP contribution in [0.15, 0.2) is 12.7 Å². The third-order valence-corrected chi connectivity index (χ3v) is 3.04. The summed E-state index contributed by atoms with van der Waals surface area (Å²) in [5.41, 5.74) is 6.74. The van der Waals surface area contributed by atoms with Gasteiger partial charge in [0.15, 0.2) is 11.5 Å². The van der Waals surface area contributed by atoms with Crippen molar-refractivity contribution in [1.82, 2.24) is 19.5 Å². The number of aliphatic hydroxyl groups is 2. The number of hydrogen-bond donors (Lipinski definition) is 3. The van der Waals surface area contributed by atoms with E-state index in [4.69, 9.17) is 10.5 Å². The maximum absolute atomic E-state index is 9.65. The highest BCUT2D eigenvalue weighted by atomic mass is 16.5. The average molecular weight is 251 g/mol. The average Bonchev–Trinajstić information content (AvgIpc) is 2.78. The largest absolute Gasteiger partial charge is 0.390 e. The highest BCUT2D eigenvalue weighted by Crippen LogP contribution is 2.26. The standard InChI is InChI=1S/C10H13N5O3/c11-9-8-10(13-3-12-9)15(4-14-8)7-1-5(16)6(17)2-18-7/h3-7,16-17H,1-2H2,(H2,11,12,13)/t5-,6-,7+/m1/s1. The monoisotopic (exact) mass is 251 g/mol. The summed E-state index contributed by atoms with van der Waals surface area (Å²) in [4.78, 5) is 12.1. The molecule has 1 saturated heterocycles. The number of anilines is 1. The SMILES string of the molecule is Nc1ncnc2c1ncn2[C@@H]1C[C@@H](O)[C@H](O)CO1. The summed E-state index contributed by atoms with van der Waals surface area (Å²) in [5, 5.41) is 19.1. The molecule has 0 amide bonds. The van der Waals surface area contributed by atoms with Crippen molar-refractivity contribution in [2.24, 2.45) is 0 Å². The molecular weight excluding hydrogens is 238 g/mol. The topological polar surface area (TPSA) is 119 Å². The number of ether oxygens (including phenoxy) is 1. The van der Waals surface area contributed by atoms with E-state index in [0.717, 1.165) is 0 Å². The Balaban J connectivity index is 1.98. The molecule has 1 fully saturated rings. The first kappa shape index (κ1) is 11.3. The summed E-state index contributed by atoms with van der Waals surface area (Å²) in [5.74, 6) is 0.301. The van der Waals surface area contributed by atoms with Crippen molar-refractivity contribution in [3.63, 3.8) is 0 Å². The van der Waals surface area contributed by atoms with Crippen molar-refractivity contribution in [2.75, 3.05) is 12.3 Å². The van der Waals surface area contributed by atoms with Crippen LogP contribution in [0, 0.1) is 0 Å². The summed E-state index contributed by atoms with van der Waals surface area (Å²) >= 11 is 0. The van der Waals surface area contributed by atoms with Crippen molar-refractivity contribution in [3.8, 4) is 0 Å². The molecule has 3 heterocycles. The molecule has 3 rings (SSSR count). The van der Waals surface area contributed by atoms with E-state index in [9.17, 15) is 10.2 Å². The van der Waals surface area contributed by atoms with E-state index in [0.29, 0.717) is 17.0 Å². The fourth-order valence-corrected chi connectivity index (χ4v) is 2.03. The van der Waals surface area contributed by atoms with E-state index in [1.165, 1.54) is 6.33 Å². The number of nitrogens with zero attached hydrogens (tertiary/aromatic N) is 4. The Bertz CT molecular complexity index is 572. The minimum atomic E-state index is -0.851. The van der Waals surface area contributed by atoms with Crippen LogP contribution in [-0.2, 0) is 4.74 Å². The van der Waals surface area contributed by atoms with Gasteiger partial charge in [-0.3, -0.25) is 4.57 Å². The molecule has 0 unspecified atom stereocenters. The Hall–Kier alpha value is -1.77. The number of nitrogens with two attached hydrogens (primary N) is 1. The van der Waals surface area contributed by atoms with Gasteiger partial charge < -0.3 is 20.7 Å². The van der Waals surface area contributed by atoms with Crippen LogP contribution >= 0.6 is 0 Å². The molecule has 18 heavy (non-hydrogen) atoms. The van der Waals surface area contributed by atoms with Gasteiger partial charge in [0.25, 0.3) is 0 Å². The Morgan fingerprint density at radius 2 is 2.11 bits per heavy atom. The predicted molar refractivity (Wildman–Crippen MR) is 61.4 cm³/mol. The van der Waals surface area contributed by atoms with E-state index in [1.54, 1.807) is 10.9 Å². The molecule has 0 spiro atoms. The van der Waals surface area contributed by atoms with Crippen LogP contribution in [0.3, 0.4) is 0 Å². The number of aliphatic hydroxyl groups excluding tert-OH is 2. The molecule has 0 bridgehead atoms. The smallest absolute Gasteiger partial charge is 0.167 e. The number of rotatable bonds is 1. The fraction of sp³-hybridized carbons (Fsp3) is 0.500. The maximum Gasteiger partial charge on any atom is 0.167 e. The minimum Gasteiger partial charge on any atom is -0.390 e. The third-order valence-electron chi connectivity index (χ3n) is 3.04. The number of imidazole rings is 1. The molecule has 0 saturated carbocycles. The number of hydrogen-bond acceptors (Lipinski definition) is 7. The second-order valence-corrected chi connectivity index (χ2v) is 4.24. The lowest BCUT2D eigenvalue weighted by atomic mass is 10.1. The molecule has 8 nitrogen and oxygen atoms in total. The molecule has 0 aromatic carbocycles. The first-order valence-electron chi connectivity index (χ1n) is 5.57. The summed E-state index contributed by atoms with van der Waals surface area (Å²) in [6.07, 6.45) is 1.09. The molecule has 1 aliphatic heterocycles. The maximum atomic E-state index is 9.65. The van der Waals surface area contributed by atoms with Crippen LogP contribution in [0.1, 0.15) is 12.6 Å². The second kappa shape index (κ2) is 4.16. The highest BCUT2D eigenvalue weighted by Gasteiger charge is 2.30. The quantitative estimate of drug-likeness (QED) is 0.597. The minimum absolute atomic E-state index is 0.0755. The van der Waals surface area contributed by atoms with E-state index < -0.39 is 18.4 Å². The Labute approximate surface area is 102 Å². The Morgan fingerprint density at radius 3 is 2.89 bits per heavy atom. The van der Waals surface area contributed by atoms with Crippen LogP contribution in [0.5, 0.6) is 0 Å². The van der Waals surface area contributed by atoms with Gasteiger partial charge in [-0.05, 0) is 0 Å². The van der Waals surface area contributed by atoms with Crippen molar-refractivity contribution in [2.45, 2.75) is 24.9 Å². The zero-order valence-electron chi connectivity index (χ0n) is 9.47. The summed E-state index contributed by atoms with van der Waals surface area (Å²) in [6, 6.07) is 0. The molecule has 1 aliphatic rings. The van der Waals surface area contributed by atoms with E-state index in [-0.39, 0.29) is 13.0 Å². The lowest BCUT2D eigenvalue weighted by molar-refractivity contribution is -0.144. The molecule has 4 N–H and O–H groups in total. The number of fused-ring (bicyclic) bond motifs is 1. The Morgan fingerprint density at radius 1 is 1.28 bits per heavy atom. The molecule has 2 aromatic rings. The predicted octanol–water partition coefficient (Wildman–Crippen LogP) is -0.951.